The number of nitrogens with zero attached hydrogens (tertiary/aromatic N) is 1. The lowest BCUT2D eigenvalue weighted by Gasteiger charge is -2.35. The molecule has 1 aliphatic carbocycles. The van der Waals surface area contributed by atoms with Gasteiger partial charge in [0.05, 0.1) is 12.6 Å². The third kappa shape index (κ3) is 4.82. The molecule has 1 saturated carbocycles. The summed E-state index contributed by atoms with van der Waals surface area (Å²) in [5, 5.41) is 13.4. The Morgan fingerprint density at radius 1 is 1.12 bits per heavy atom. The van der Waals surface area contributed by atoms with Crippen LogP contribution in [0.15, 0.2) is 54.6 Å². The molecule has 2 amide bonds. The third-order valence-electron chi connectivity index (χ3n) is 4.91. The van der Waals surface area contributed by atoms with Gasteiger partial charge >= 0.3 is 6.03 Å². The number of hydrogen-bond acceptors (Lipinski definition) is 2. The number of halogens is 1. The fourth-order valence-electron chi connectivity index (χ4n) is 3.52. The topological polar surface area (TPSA) is 52.6 Å². The number of rotatable bonds is 5. The molecule has 1 atom stereocenters. The maximum absolute atomic E-state index is 13.4. The van der Waals surface area contributed by atoms with E-state index in [1.54, 1.807) is 17.0 Å². The van der Waals surface area contributed by atoms with Crippen LogP contribution in [0.3, 0.4) is 0 Å². The maximum atomic E-state index is 13.4. The zero-order valence-corrected chi connectivity index (χ0v) is 14.8. The highest BCUT2D eigenvalue weighted by Gasteiger charge is 2.28. The molecule has 138 valence electrons. The van der Waals surface area contributed by atoms with Crippen LogP contribution in [-0.4, -0.2) is 28.6 Å². The minimum absolute atomic E-state index is 0.0932. The summed E-state index contributed by atoms with van der Waals surface area (Å²) in [5.41, 5.74) is 1.21. The van der Waals surface area contributed by atoms with Crippen molar-refractivity contribution in [3.63, 3.8) is 0 Å². The second-order valence-corrected chi connectivity index (χ2v) is 6.81. The average Bonchev–Trinajstić information content (AvgIpc) is 2.67. The number of hydrogen-bond donors (Lipinski definition) is 2. The molecular formula is C21H25FN2O2. The zero-order valence-electron chi connectivity index (χ0n) is 14.8. The standard InChI is InChI=1S/C21H25FN2O2/c22-17-10-7-11-18(14-17)23-21(26)24(19-12-5-2-6-13-19)15-20(25)16-8-3-1-4-9-16/h1,3-4,7-11,14,19-20,25H,2,5-6,12-13,15H2,(H,23,26). The molecule has 1 unspecified atom stereocenters. The molecule has 0 aliphatic heterocycles. The number of anilines is 1. The van der Waals surface area contributed by atoms with Crippen LogP contribution in [-0.2, 0) is 0 Å². The fourth-order valence-corrected chi connectivity index (χ4v) is 3.52. The predicted octanol–water partition coefficient (Wildman–Crippen LogP) is 4.73. The summed E-state index contributed by atoms with van der Waals surface area (Å²) >= 11 is 0. The Morgan fingerprint density at radius 2 is 1.85 bits per heavy atom. The van der Waals surface area contributed by atoms with Crippen molar-refractivity contribution in [2.45, 2.75) is 44.2 Å². The van der Waals surface area contributed by atoms with Crippen LogP contribution >= 0.6 is 0 Å². The molecule has 5 heteroatoms. The summed E-state index contributed by atoms with van der Waals surface area (Å²) in [6.45, 7) is 0.218. The first-order chi connectivity index (χ1) is 12.6. The number of benzene rings is 2. The Hall–Kier alpha value is -2.40. The van der Waals surface area contributed by atoms with Gasteiger partial charge in [-0.1, -0.05) is 55.7 Å². The van der Waals surface area contributed by atoms with E-state index in [1.165, 1.54) is 18.6 Å². The summed E-state index contributed by atoms with van der Waals surface area (Å²) in [4.78, 5) is 14.6. The van der Waals surface area contributed by atoms with E-state index < -0.39 is 11.9 Å². The lowest BCUT2D eigenvalue weighted by atomic mass is 9.94. The molecule has 2 N–H and O–H groups in total. The minimum Gasteiger partial charge on any atom is -0.387 e. The SMILES string of the molecule is O=C(Nc1cccc(F)c1)N(CC(O)c1ccccc1)C1CCCCC1. The molecule has 26 heavy (non-hydrogen) atoms. The summed E-state index contributed by atoms with van der Waals surface area (Å²) in [5.74, 6) is -0.392. The Morgan fingerprint density at radius 3 is 2.54 bits per heavy atom. The van der Waals surface area contributed by atoms with Crippen molar-refractivity contribution in [2.24, 2.45) is 0 Å². The summed E-state index contributed by atoms with van der Waals surface area (Å²) in [6, 6.07) is 15.0. The molecule has 4 nitrogen and oxygen atoms in total. The monoisotopic (exact) mass is 356 g/mol. The van der Waals surface area contributed by atoms with Gasteiger partial charge in [0.15, 0.2) is 0 Å². The Bertz CT molecular complexity index is 717. The molecule has 1 fully saturated rings. The van der Waals surface area contributed by atoms with Gasteiger partial charge in [-0.05, 0) is 36.6 Å². The first-order valence-electron chi connectivity index (χ1n) is 9.19. The first kappa shape index (κ1) is 18.4. The molecule has 0 bridgehead atoms. The molecule has 1 aliphatic rings. The van der Waals surface area contributed by atoms with Crippen LogP contribution in [0.5, 0.6) is 0 Å². The summed E-state index contributed by atoms with van der Waals surface area (Å²) < 4.78 is 13.4. The molecule has 0 spiro atoms. The molecule has 0 radical (unpaired) electrons. The normalized spacial score (nSPS) is 16.1. The van der Waals surface area contributed by atoms with Crippen molar-refractivity contribution in [3.05, 3.63) is 66.0 Å². The molecule has 0 heterocycles. The van der Waals surface area contributed by atoms with Gasteiger partial charge in [-0.15, -0.1) is 0 Å². The number of carbonyl (C=O) groups excluding carboxylic acids is 1. The quantitative estimate of drug-likeness (QED) is 0.814. The molecule has 0 saturated heterocycles. The number of aliphatic hydroxyl groups excluding tert-OH is 1. The number of aliphatic hydroxyl groups is 1. The van der Waals surface area contributed by atoms with Crippen LogP contribution in [0.4, 0.5) is 14.9 Å². The molecule has 3 rings (SSSR count). The van der Waals surface area contributed by atoms with Crippen molar-refractivity contribution in [1.29, 1.82) is 0 Å². The van der Waals surface area contributed by atoms with Gasteiger partial charge in [0.2, 0.25) is 0 Å². The van der Waals surface area contributed by atoms with Crippen LogP contribution in [0, 0.1) is 5.82 Å². The molecule has 0 aromatic heterocycles. The van der Waals surface area contributed by atoms with Crippen molar-refractivity contribution in [3.8, 4) is 0 Å². The van der Waals surface area contributed by atoms with E-state index in [0.717, 1.165) is 31.2 Å². The van der Waals surface area contributed by atoms with E-state index in [-0.39, 0.29) is 18.6 Å². The Kier molecular flexibility index (Phi) is 6.23. The highest BCUT2D eigenvalue weighted by molar-refractivity contribution is 5.89. The number of nitrogens with one attached hydrogen (secondary N) is 1. The van der Waals surface area contributed by atoms with Gasteiger partial charge in [0.25, 0.3) is 0 Å². The smallest absolute Gasteiger partial charge is 0.322 e. The highest BCUT2D eigenvalue weighted by atomic mass is 19.1. The van der Waals surface area contributed by atoms with Crippen LogP contribution in [0.25, 0.3) is 0 Å². The van der Waals surface area contributed by atoms with Gasteiger partial charge < -0.3 is 15.3 Å². The maximum Gasteiger partial charge on any atom is 0.322 e. The third-order valence-corrected chi connectivity index (χ3v) is 4.91. The van der Waals surface area contributed by atoms with Crippen molar-refractivity contribution >= 4 is 11.7 Å². The van der Waals surface area contributed by atoms with Gasteiger partial charge in [-0.3, -0.25) is 0 Å². The Balaban J connectivity index is 1.75. The van der Waals surface area contributed by atoms with Crippen LogP contribution < -0.4 is 5.32 Å². The molecule has 2 aromatic rings. The van der Waals surface area contributed by atoms with Crippen LogP contribution in [0.1, 0.15) is 43.8 Å². The fraction of sp³-hybridized carbons (Fsp3) is 0.381. The number of urea groups is 1. The van der Waals surface area contributed by atoms with Gasteiger partial charge in [-0.25, -0.2) is 9.18 Å². The Labute approximate surface area is 153 Å². The lowest BCUT2D eigenvalue weighted by molar-refractivity contribution is 0.0957. The van der Waals surface area contributed by atoms with Crippen LogP contribution in [0.2, 0.25) is 0 Å². The summed E-state index contributed by atoms with van der Waals surface area (Å²) in [7, 11) is 0. The largest absolute Gasteiger partial charge is 0.387 e. The van der Waals surface area contributed by atoms with Crippen molar-refractivity contribution in [1.82, 2.24) is 4.90 Å². The van der Waals surface area contributed by atoms with E-state index in [1.807, 2.05) is 30.3 Å². The predicted molar refractivity (Wildman–Crippen MR) is 100 cm³/mol. The number of carbonyl (C=O) groups is 1. The summed E-state index contributed by atoms with van der Waals surface area (Å²) in [6.07, 6.45) is 4.44. The van der Waals surface area contributed by atoms with Crippen molar-refractivity contribution < 1.29 is 14.3 Å². The van der Waals surface area contributed by atoms with E-state index in [0.29, 0.717) is 5.69 Å². The molecule has 2 aromatic carbocycles. The first-order valence-corrected chi connectivity index (χ1v) is 9.19. The van der Waals surface area contributed by atoms with Gasteiger partial charge in [-0.2, -0.15) is 0 Å². The highest BCUT2D eigenvalue weighted by Crippen LogP contribution is 2.26. The molecular weight excluding hydrogens is 331 g/mol. The van der Waals surface area contributed by atoms with E-state index in [2.05, 4.69) is 5.32 Å². The lowest BCUT2D eigenvalue weighted by Crippen LogP contribution is -2.46. The van der Waals surface area contributed by atoms with Crippen molar-refractivity contribution in [2.75, 3.05) is 11.9 Å². The van der Waals surface area contributed by atoms with E-state index >= 15 is 0 Å². The van der Waals surface area contributed by atoms with E-state index in [9.17, 15) is 14.3 Å². The second kappa shape index (κ2) is 8.81. The van der Waals surface area contributed by atoms with E-state index in [4.69, 9.17) is 0 Å². The second-order valence-electron chi connectivity index (χ2n) is 6.81. The number of amides is 2. The minimum atomic E-state index is -0.753. The zero-order chi connectivity index (χ0) is 18.4. The van der Waals surface area contributed by atoms with Gasteiger partial charge in [0.1, 0.15) is 5.82 Å². The average molecular weight is 356 g/mol. The van der Waals surface area contributed by atoms with Gasteiger partial charge in [0, 0.05) is 11.7 Å².